The molecule has 126 valence electrons. The smallest absolute Gasteiger partial charge is 0.303 e. The molecule has 23 heavy (non-hydrogen) atoms. The van der Waals surface area contributed by atoms with E-state index in [1.165, 1.54) is 12.1 Å². The van der Waals surface area contributed by atoms with Crippen LogP contribution in [0.25, 0.3) is 0 Å². The average molecular weight is 344 g/mol. The Morgan fingerprint density at radius 2 is 2.26 bits per heavy atom. The number of nitrogens with one attached hydrogen (secondary N) is 1. The maximum Gasteiger partial charge on any atom is 0.303 e. The minimum atomic E-state index is -0.898. The summed E-state index contributed by atoms with van der Waals surface area (Å²) < 4.78 is 19.2. The molecule has 1 unspecified atom stereocenters. The van der Waals surface area contributed by atoms with Crippen molar-refractivity contribution < 1.29 is 23.8 Å². The largest absolute Gasteiger partial charge is 0.481 e. The van der Waals surface area contributed by atoms with Crippen LogP contribution in [0.5, 0.6) is 0 Å². The number of amides is 1. The van der Waals surface area contributed by atoms with E-state index < -0.39 is 23.8 Å². The number of carboxylic acid groups (broad SMARTS) is 1. The summed E-state index contributed by atoms with van der Waals surface area (Å²) in [5, 5.41) is 11.5. The van der Waals surface area contributed by atoms with Crippen molar-refractivity contribution >= 4 is 23.5 Å². The lowest BCUT2D eigenvalue weighted by molar-refractivity contribution is -0.137. The summed E-state index contributed by atoms with van der Waals surface area (Å²) in [5.41, 5.74) is 0.572. The van der Waals surface area contributed by atoms with Gasteiger partial charge < -0.3 is 15.2 Å². The zero-order chi connectivity index (χ0) is 17.0. The Balaban J connectivity index is 2.01. The normalized spacial score (nSPS) is 21.9. The predicted molar refractivity (Wildman–Crippen MR) is 82.7 cm³/mol. The number of carbonyl (C=O) groups excluding carboxylic acids is 1. The van der Waals surface area contributed by atoms with Crippen molar-refractivity contribution in [2.24, 2.45) is 5.92 Å². The molecule has 0 aromatic heterocycles. The fraction of sp³-hybridized carbons (Fsp3) is 0.500. The van der Waals surface area contributed by atoms with Crippen molar-refractivity contribution in [1.82, 2.24) is 5.32 Å². The molecule has 2 rings (SSSR count). The number of hydrogen-bond acceptors (Lipinski definition) is 3. The quantitative estimate of drug-likeness (QED) is 0.832. The number of hydrogen-bond donors (Lipinski definition) is 2. The zero-order valence-electron chi connectivity index (χ0n) is 12.7. The van der Waals surface area contributed by atoms with E-state index in [1.807, 2.05) is 0 Å². The Bertz CT molecular complexity index is 595. The number of aliphatic carboxylic acids is 1. The van der Waals surface area contributed by atoms with Gasteiger partial charge in [0.15, 0.2) is 0 Å². The Morgan fingerprint density at radius 3 is 2.91 bits per heavy atom. The van der Waals surface area contributed by atoms with Gasteiger partial charge in [0.2, 0.25) is 5.91 Å². The van der Waals surface area contributed by atoms with E-state index in [2.05, 4.69) is 5.32 Å². The Hall–Kier alpha value is -1.66. The molecular formula is C16H19ClFNO4. The molecule has 1 aliphatic heterocycles. The summed E-state index contributed by atoms with van der Waals surface area (Å²) in [5.74, 6) is -2.08. The summed E-state index contributed by atoms with van der Waals surface area (Å²) in [4.78, 5) is 22.9. The molecule has 1 fully saturated rings. The first-order valence-electron chi connectivity index (χ1n) is 7.47. The summed E-state index contributed by atoms with van der Waals surface area (Å²) >= 11 is 5.67. The van der Waals surface area contributed by atoms with Crippen LogP contribution in [0.1, 0.15) is 37.9 Å². The van der Waals surface area contributed by atoms with Gasteiger partial charge in [-0.15, -0.1) is 0 Å². The third-order valence-electron chi connectivity index (χ3n) is 3.88. The van der Waals surface area contributed by atoms with Crippen molar-refractivity contribution in [3.8, 4) is 0 Å². The topological polar surface area (TPSA) is 75.6 Å². The number of ether oxygens (including phenoxy) is 1. The van der Waals surface area contributed by atoms with Crippen molar-refractivity contribution in [3.63, 3.8) is 0 Å². The maximum atomic E-state index is 13.6. The summed E-state index contributed by atoms with van der Waals surface area (Å²) in [6.45, 7) is 2.17. The molecule has 2 N–H and O–H groups in total. The molecule has 0 bridgehead atoms. The molecule has 1 aliphatic rings. The van der Waals surface area contributed by atoms with Gasteiger partial charge in [-0.1, -0.05) is 17.7 Å². The van der Waals surface area contributed by atoms with Crippen LogP contribution < -0.4 is 5.32 Å². The molecular weight excluding hydrogens is 325 g/mol. The van der Waals surface area contributed by atoms with Crippen molar-refractivity contribution in [3.05, 3.63) is 34.6 Å². The van der Waals surface area contributed by atoms with Gasteiger partial charge in [0, 0.05) is 19.1 Å². The van der Waals surface area contributed by atoms with Gasteiger partial charge in [-0.05, 0) is 37.5 Å². The van der Waals surface area contributed by atoms with Gasteiger partial charge in [0.1, 0.15) is 5.82 Å². The fourth-order valence-corrected chi connectivity index (χ4v) is 2.76. The van der Waals surface area contributed by atoms with Crippen LogP contribution in [0, 0.1) is 11.7 Å². The van der Waals surface area contributed by atoms with Crippen molar-refractivity contribution in [2.45, 2.75) is 38.3 Å². The lowest BCUT2D eigenvalue weighted by atomic mass is 9.94. The van der Waals surface area contributed by atoms with E-state index in [-0.39, 0.29) is 23.4 Å². The zero-order valence-corrected chi connectivity index (χ0v) is 13.5. The monoisotopic (exact) mass is 343 g/mol. The maximum absolute atomic E-state index is 13.6. The molecule has 0 spiro atoms. The van der Waals surface area contributed by atoms with Crippen molar-refractivity contribution in [2.75, 3.05) is 6.61 Å². The highest BCUT2D eigenvalue weighted by Gasteiger charge is 2.35. The van der Waals surface area contributed by atoms with Crippen LogP contribution in [0.3, 0.4) is 0 Å². The van der Waals surface area contributed by atoms with E-state index in [1.54, 1.807) is 13.0 Å². The molecule has 0 saturated carbocycles. The highest BCUT2D eigenvalue weighted by Crippen LogP contribution is 2.35. The Morgan fingerprint density at radius 1 is 1.52 bits per heavy atom. The van der Waals surface area contributed by atoms with Crippen LogP contribution >= 0.6 is 11.6 Å². The van der Waals surface area contributed by atoms with Crippen LogP contribution in [-0.4, -0.2) is 29.6 Å². The van der Waals surface area contributed by atoms with E-state index in [0.717, 1.165) is 0 Å². The number of benzene rings is 1. The van der Waals surface area contributed by atoms with E-state index in [9.17, 15) is 14.0 Å². The van der Waals surface area contributed by atoms with Gasteiger partial charge >= 0.3 is 5.97 Å². The molecule has 3 atom stereocenters. The van der Waals surface area contributed by atoms with Crippen LogP contribution in [-0.2, 0) is 14.3 Å². The molecule has 1 heterocycles. The molecule has 5 nitrogen and oxygen atoms in total. The predicted octanol–water partition coefficient (Wildman–Crippen LogP) is 2.93. The highest BCUT2D eigenvalue weighted by atomic mass is 35.5. The van der Waals surface area contributed by atoms with Gasteiger partial charge in [0.25, 0.3) is 0 Å². The molecule has 1 aromatic carbocycles. The summed E-state index contributed by atoms with van der Waals surface area (Å²) in [6.07, 6.45) is 0.365. The first-order chi connectivity index (χ1) is 10.9. The SMILES string of the molecule is CC(CCC(=O)O)NC(=O)[C@@H]1CCO[C@H]1c1ccc(Cl)c(F)c1. The average Bonchev–Trinajstić information content (AvgIpc) is 2.97. The minimum Gasteiger partial charge on any atom is -0.481 e. The van der Waals surface area contributed by atoms with Crippen LogP contribution in [0.4, 0.5) is 4.39 Å². The lowest BCUT2D eigenvalue weighted by Crippen LogP contribution is -2.38. The third-order valence-corrected chi connectivity index (χ3v) is 4.19. The number of carbonyl (C=O) groups is 2. The van der Waals surface area contributed by atoms with Gasteiger partial charge in [-0.3, -0.25) is 9.59 Å². The van der Waals surface area contributed by atoms with Gasteiger partial charge in [-0.2, -0.15) is 0 Å². The number of halogens is 2. The molecule has 1 saturated heterocycles. The molecule has 1 aromatic rings. The van der Waals surface area contributed by atoms with Gasteiger partial charge in [-0.25, -0.2) is 4.39 Å². The minimum absolute atomic E-state index is 0.00552. The molecule has 0 radical (unpaired) electrons. The second-order valence-electron chi connectivity index (χ2n) is 5.70. The molecule has 0 aliphatic carbocycles. The third kappa shape index (κ3) is 4.65. The Labute approximate surface area is 138 Å². The summed E-state index contributed by atoms with van der Waals surface area (Å²) in [7, 11) is 0. The van der Waals surface area contributed by atoms with Crippen LogP contribution in [0.2, 0.25) is 5.02 Å². The highest BCUT2D eigenvalue weighted by molar-refractivity contribution is 6.30. The first-order valence-corrected chi connectivity index (χ1v) is 7.85. The van der Waals surface area contributed by atoms with E-state index >= 15 is 0 Å². The fourth-order valence-electron chi connectivity index (χ4n) is 2.64. The Kier molecular flexibility index (Phi) is 5.96. The second-order valence-corrected chi connectivity index (χ2v) is 6.11. The standard InChI is InChI=1S/C16H19ClFNO4/c1-9(2-5-14(20)21)19-16(22)11-6-7-23-15(11)10-3-4-12(17)13(18)8-10/h3-4,8-9,11,15H,2,5-7H2,1H3,(H,19,22)(H,20,21)/t9?,11-,15+/m1/s1. The molecule has 7 heteroatoms. The van der Waals surface area contributed by atoms with E-state index in [0.29, 0.717) is 25.0 Å². The lowest BCUT2D eigenvalue weighted by Gasteiger charge is -2.21. The molecule has 1 amide bonds. The van der Waals surface area contributed by atoms with Crippen molar-refractivity contribution in [1.29, 1.82) is 0 Å². The number of rotatable bonds is 6. The second kappa shape index (κ2) is 7.75. The summed E-state index contributed by atoms with van der Waals surface area (Å²) in [6, 6.07) is 4.13. The van der Waals surface area contributed by atoms with Gasteiger partial charge in [0.05, 0.1) is 17.0 Å². The first kappa shape index (κ1) is 17.7. The number of carboxylic acids is 1. The van der Waals surface area contributed by atoms with Crippen LogP contribution in [0.15, 0.2) is 18.2 Å². The van der Waals surface area contributed by atoms with E-state index in [4.69, 9.17) is 21.4 Å².